The van der Waals surface area contributed by atoms with Crippen molar-refractivity contribution in [2.75, 3.05) is 19.5 Å². The largest absolute Gasteiger partial charge is 0.497 e. The minimum absolute atomic E-state index is 0.0564. The standard InChI is InChI=1S/C22H18ClFN4O3S/c1-30-14-9-7-13(8-10-14)12-32-18-11-15(22(29)31-2)20(19(24)21(18)27-28-25)26-17-6-4-3-5-16(17)23/h3-11,26H,12H2,1-2H3. The Kier molecular flexibility index (Phi) is 7.83. The monoisotopic (exact) mass is 472 g/mol. The molecule has 1 N–H and O–H groups in total. The zero-order valence-corrected chi connectivity index (χ0v) is 18.7. The molecule has 0 saturated carbocycles. The van der Waals surface area contributed by atoms with Crippen LogP contribution in [0.5, 0.6) is 5.75 Å². The van der Waals surface area contributed by atoms with E-state index in [-0.39, 0.29) is 16.9 Å². The molecule has 10 heteroatoms. The number of ether oxygens (including phenoxy) is 2. The number of anilines is 2. The van der Waals surface area contributed by atoms with Gasteiger partial charge in [0.1, 0.15) is 5.75 Å². The Labute approximate surface area is 193 Å². The molecule has 0 fully saturated rings. The van der Waals surface area contributed by atoms with Gasteiger partial charge >= 0.3 is 5.97 Å². The van der Waals surface area contributed by atoms with Crippen LogP contribution >= 0.6 is 23.4 Å². The SMILES string of the molecule is COC(=O)c1cc(SCc2ccc(OC)cc2)c(N=[N+]=[N-])c(F)c1Nc1ccccc1Cl. The van der Waals surface area contributed by atoms with Crippen LogP contribution in [0.2, 0.25) is 5.02 Å². The van der Waals surface area contributed by atoms with E-state index in [9.17, 15) is 4.79 Å². The second kappa shape index (κ2) is 10.8. The molecule has 0 aliphatic carbocycles. The first kappa shape index (κ1) is 23.3. The van der Waals surface area contributed by atoms with Crippen molar-refractivity contribution in [3.63, 3.8) is 0 Å². The predicted molar refractivity (Wildman–Crippen MR) is 124 cm³/mol. The number of methoxy groups -OCH3 is 2. The predicted octanol–water partition coefficient (Wildman–Crippen LogP) is 7.25. The van der Waals surface area contributed by atoms with Crippen molar-refractivity contribution >= 4 is 46.4 Å². The number of hydrogen-bond donors (Lipinski definition) is 1. The molecular formula is C22H18ClFN4O3S. The Bertz CT molecular complexity index is 1180. The molecule has 7 nitrogen and oxygen atoms in total. The average molecular weight is 473 g/mol. The third-order valence-electron chi connectivity index (χ3n) is 4.44. The van der Waals surface area contributed by atoms with Gasteiger partial charge in [-0.3, -0.25) is 0 Å². The molecule has 0 aliphatic heterocycles. The molecule has 0 aliphatic rings. The summed E-state index contributed by atoms with van der Waals surface area (Å²) in [5, 5.41) is 6.68. The Morgan fingerprint density at radius 3 is 2.56 bits per heavy atom. The maximum absolute atomic E-state index is 15.5. The lowest BCUT2D eigenvalue weighted by Gasteiger charge is -2.17. The van der Waals surface area contributed by atoms with Gasteiger partial charge in [-0.25, -0.2) is 9.18 Å². The first-order valence-corrected chi connectivity index (χ1v) is 10.6. The highest BCUT2D eigenvalue weighted by molar-refractivity contribution is 7.98. The van der Waals surface area contributed by atoms with E-state index < -0.39 is 11.8 Å². The van der Waals surface area contributed by atoms with Crippen molar-refractivity contribution in [1.82, 2.24) is 0 Å². The molecule has 0 aromatic heterocycles. The molecule has 0 saturated heterocycles. The average Bonchev–Trinajstić information content (AvgIpc) is 2.82. The number of para-hydroxylation sites is 1. The van der Waals surface area contributed by atoms with Gasteiger partial charge in [-0.2, -0.15) is 0 Å². The molecule has 0 heterocycles. The van der Waals surface area contributed by atoms with Gasteiger partial charge in [0, 0.05) is 15.6 Å². The molecule has 164 valence electrons. The zero-order valence-electron chi connectivity index (χ0n) is 17.1. The van der Waals surface area contributed by atoms with Gasteiger partial charge in [-0.1, -0.05) is 41.0 Å². The summed E-state index contributed by atoms with van der Waals surface area (Å²) < 4.78 is 25.5. The summed E-state index contributed by atoms with van der Waals surface area (Å²) in [6.45, 7) is 0. The number of thioether (sulfide) groups is 1. The quantitative estimate of drug-likeness (QED) is 0.122. The number of halogens is 2. The fourth-order valence-electron chi connectivity index (χ4n) is 2.84. The van der Waals surface area contributed by atoms with Gasteiger partial charge in [-0.15, -0.1) is 11.8 Å². The molecule has 32 heavy (non-hydrogen) atoms. The Balaban J connectivity index is 2.04. The van der Waals surface area contributed by atoms with E-state index in [4.69, 9.17) is 26.6 Å². The molecule has 3 aromatic rings. The van der Waals surface area contributed by atoms with Crippen LogP contribution < -0.4 is 10.1 Å². The second-order valence-corrected chi connectivity index (χ2v) is 7.81. The molecule has 0 amide bonds. The lowest BCUT2D eigenvalue weighted by atomic mass is 10.1. The van der Waals surface area contributed by atoms with Gasteiger partial charge in [0.2, 0.25) is 0 Å². The van der Waals surface area contributed by atoms with Crippen LogP contribution in [-0.4, -0.2) is 20.2 Å². The fraction of sp³-hybridized carbons (Fsp3) is 0.136. The normalized spacial score (nSPS) is 10.2. The van der Waals surface area contributed by atoms with Crippen LogP contribution in [0.3, 0.4) is 0 Å². The van der Waals surface area contributed by atoms with Crippen LogP contribution in [0, 0.1) is 5.82 Å². The minimum Gasteiger partial charge on any atom is -0.497 e. The highest BCUT2D eigenvalue weighted by Crippen LogP contribution is 2.41. The van der Waals surface area contributed by atoms with Crippen molar-refractivity contribution in [3.05, 3.63) is 87.0 Å². The minimum atomic E-state index is -0.886. The number of nitrogens with zero attached hydrogens (tertiary/aromatic N) is 3. The van der Waals surface area contributed by atoms with Gasteiger partial charge in [0.25, 0.3) is 0 Å². The number of benzene rings is 3. The van der Waals surface area contributed by atoms with E-state index in [0.29, 0.717) is 27.1 Å². The van der Waals surface area contributed by atoms with E-state index in [1.165, 1.54) is 24.9 Å². The highest BCUT2D eigenvalue weighted by atomic mass is 35.5. The van der Waals surface area contributed by atoms with E-state index in [1.807, 2.05) is 12.1 Å². The lowest BCUT2D eigenvalue weighted by molar-refractivity contribution is 0.0601. The van der Waals surface area contributed by atoms with Crippen LogP contribution in [0.1, 0.15) is 15.9 Å². The van der Waals surface area contributed by atoms with Crippen LogP contribution in [0.4, 0.5) is 21.5 Å². The van der Waals surface area contributed by atoms with E-state index in [2.05, 4.69) is 15.3 Å². The first-order valence-electron chi connectivity index (χ1n) is 9.25. The third kappa shape index (κ3) is 5.26. The summed E-state index contributed by atoms with van der Waals surface area (Å²) >= 11 is 7.39. The Morgan fingerprint density at radius 2 is 1.94 bits per heavy atom. The Hall–Kier alpha value is -3.39. The third-order valence-corrected chi connectivity index (χ3v) is 5.87. The molecular weight excluding hydrogens is 455 g/mol. The fourth-order valence-corrected chi connectivity index (χ4v) is 4.00. The highest BCUT2D eigenvalue weighted by Gasteiger charge is 2.23. The maximum atomic E-state index is 15.5. The summed E-state index contributed by atoms with van der Waals surface area (Å²) in [6.07, 6.45) is 0. The Morgan fingerprint density at radius 1 is 1.22 bits per heavy atom. The molecule has 0 unspecified atom stereocenters. The molecule has 0 atom stereocenters. The van der Waals surface area contributed by atoms with E-state index in [1.54, 1.807) is 43.5 Å². The van der Waals surface area contributed by atoms with E-state index in [0.717, 1.165) is 5.56 Å². The summed E-state index contributed by atoms with van der Waals surface area (Å²) in [6, 6.07) is 15.4. The number of azide groups is 1. The number of nitrogens with one attached hydrogen (secondary N) is 1. The summed E-state index contributed by atoms with van der Waals surface area (Å²) in [5.41, 5.74) is 9.83. The topological polar surface area (TPSA) is 96.3 Å². The number of hydrogen-bond acceptors (Lipinski definition) is 6. The molecule has 0 radical (unpaired) electrons. The van der Waals surface area contributed by atoms with Crippen LogP contribution in [0.15, 0.2) is 64.6 Å². The van der Waals surface area contributed by atoms with Crippen molar-refractivity contribution in [2.45, 2.75) is 10.6 Å². The number of carbonyl (C=O) groups is 1. The molecule has 3 aromatic carbocycles. The van der Waals surface area contributed by atoms with Crippen molar-refractivity contribution in [2.24, 2.45) is 5.11 Å². The first-order chi connectivity index (χ1) is 15.5. The van der Waals surface area contributed by atoms with Gasteiger partial charge < -0.3 is 14.8 Å². The summed E-state index contributed by atoms with van der Waals surface area (Å²) in [5.74, 6) is -0.488. The van der Waals surface area contributed by atoms with Crippen molar-refractivity contribution in [1.29, 1.82) is 0 Å². The maximum Gasteiger partial charge on any atom is 0.340 e. The van der Waals surface area contributed by atoms with Crippen molar-refractivity contribution in [3.8, 4) is 5.75 Å². The molecule has 0 spiro atoms. The lowest BCUT2D eigenvalue weighted by Crippen LogP contribution is -2.08. The van der Waals surface area contributed by atoms with Crippen molar-refractivity contribution < 1.29 is 18.7 Å². The van der Waals surface area contributed by atoms with Gasteiger partial charge in [0.05, 0.1) is 41.9 Å². The number of rotatable bonds is 8. The van der Waals surface area contributed by atoms with Gasteiger partial charge in [0.15, 0.2) is 5.82 Å². The van der Waals surface area contributed by atoms with Gasteiger partial charge in [-0.05, 0) is 41.4 Å². The van der Waals surface area contributed by atoms with Crippen LogP contribution in [0.25, 0.3) is 10.4 Å². The molecule has 3 rings (SSSR count). The van der Waals surface area contributed by atoms with Crippen LogP contribution in [-0.2, 0) is 10.5 Å². The molecule has 0 bridgehead atoms. The second-order valence-electron chi connectivity index (χ2n) is 6.38. The summed E-state index contributed by atoms with van der Waals surface area (Å²) in [4.78, 5) is 15.5. The number of esters is 1. The number of carbonyl (C=O) groups excluding carboxylic acids is 1. The van der Waals surface area contributed by atoms with E-state index >= 15 is 4.39 Å². The zero-order chi connectivity index (χ0) is 23.1. The summed E-state index contributed by atoms with van der Waals surface area (Å²) in [7, 11) is 2.77. The smallest absolute Gasteiger partial charge is 0.340 e.